The van der Waals surface area contributed by atoms with Crippen molar-refractivity contribution in [2.75, 3.05) is 0 Å². The third-order valence-corrected chi connectivity index (χ3v) is 5.39. The second kappa shape index (κ2) is 7.98. The van der Waals surface area contributed by atoms with E-state index in [4.69, 9.17) is 27.9 Å². The molecule has 0 saturated heterocycles. The van der Waals surface area contributed by atoms with Crippen LogP contribution in [0.5, 0.6) is 0 Å². The monoisotopic (exact) mass is 473 g/mol. The molecule has 0 atom stereocenters. The van der Waals surface area contributed by atoms with Gasteiger partial charge in [-0.15, -0.1) is 0 Å². The summed E-state index contributed by atoms with van der Waals surface area (Å²) in [5.74, 6) is -0.646. The van der Waals surface area contributed by atoms with Crippen molar-refractivity contribution in [3.8, 4) is 0 Å². The molecule has 10 heteroatoms. The van der Waals surface area contributed by atoms with E-state index in [0.717, 1.165) is 6.07 Å². The number of aryl methyl sites for hydroxylation is 2. The summed E-state index contributed by atoms with van der Waals surface area (Å²) in [6, 6.07) is 2.74. The molecule has 3 aromatic heterocycles. The zero-order valence-electron chi connectivity index (χ0n) is 17.5. The molecule has 0 spiro atoms. The molecular weight excluding hydrogens is 454 g/mol. The number of ether oxygens (including phenoxy) is 1. The van der Waals surface area contributed by atoms with Crippen LogP contribution in [0.4, 0.5) is 13.2 Å². The van der Waals surface area contributed by atoms with E-state index < -0.39 is 23.4 Å². The molecule has 166 valence electrons. The summed E-state index contributed by atoms with van der Waals surface area (Å²) < 4.78 is 46.4. The van der Waals surface area contributed by atoms with Crippen molar-refractivity contribution in [1.29, 1.82) is 0 Å². The fourth-order valence-electron chi connectivity index (χ4n) is 3.13. The molecule has 0 saturated carbocycles. The largest absolute Gasteiger partial charge is 0.456 e. The number of aromatic nitrogens is 3. The molecule has 5 nitrogen and oxygen atoms in total. The summed E-state index contributed by atoms with van der Waals surface area (Å²) in [4.78, 5) is 20.3. The van der Waals surface area contributed by atoms with Crippen molar-refractivity contribution in [2.45, 2.75) is 45.9 Å². The Balaban J connectivity index is 2.07. The first-order chi connectivity index (χ1) is 14.2. The molecule has 0 aliphatic carbocycles. The molecular formula is C21H20Cl2F3N3O2. The van der Waals surface area contributed by atoms with Crippen molar-refractivity contribution < 1.29 is 22.7 Å². The number of hydrogen-bond donors (Lipinski definition) is 0. The lowest BCUT2D eigenvalue weighted by Gasteiger charge is -2.20. The first-order valence-corrected chi connectivity index (χ1v) is 10.0. The third-order valence-electron chi connectivity index (χ3n) is 4.63. The minimum atomic E-state index is -4.55. The summed E-state index contributed by atoms with van der Waals surface area (Å²) in [6.07, 6.45) is -3.18. The van der Waals surface area contributed by atoms with E-state index in [1.165, 1.54) is 6.20 Å². The molecule has 31 heavy (non-hydrogen) atoms. The van der Waals surface area contributed by atoms with Crippen LogP contribution >= 0.6 is 23.2 Å². The van der Waals surface area contributed by atoms with Gasteiger partial charge in [0.15, 0.2) is 0 Å². The van der Waals surface area contributed by atoms with Crippen molar-refractivity contribution in [1.82, 2.24) is 14.5 Å². The van der Waals surface area contributed by atoms with Crippen LogP contribution in [0.15, 0.2) is 18.3 Å². The van der Waals surface area contributed by atoms with E-state index in [-0.39, 0.29) is 27.8 Å². The minimum Gasteiger partial charge on any atom is -0.456 e. The number of rotatable bonds is 3. The van der Waals surface area contributed by atoms with Gasteiger partial charge in [0.05, 0.1) is 10.6 Å². The molecule has 0 amide bonds. The van der Waals surface area contributed by atoms with Crippen LogP contribution in [-0.2, 0) is 24.4 Å². The van der Waals surface area contributed by atoms with Crippen LogP contribution in [-0.4, -0.2) is 26.1 Å². The Bertz CT molecular complexity index is 1180. The summed E-state index contributed by atoms with van der Waals surface area (Å²) in [6.45, 7) is 6.77. The molecule has 0 aromatic carbocycles. The van der Waals surface area contributed by atoms with Gasteiger partial charge in [-0.25, -0.2) is 14.8 Å². The number of pyridine rings is 2. The van der Waals surface area contributed by atoms with Crippen molar-refractivity contribution in [3.63, 3.8) is 0 Å². The molecule has 0 bridgehead atoms. The molecule has 0 unspecified atom stereocenters. The van der Waals surface area contributed by atoms with Crippen molar-refractivity contribution in [3.05, 3.63) is 56.6 Å². The fraction of sp³-hybridized carbons (Fsp3) is 0.381. The maximum absolute atomic E-state index is 13.2. The van der Waals surface area contributed by atoms with Gasteiger partial charge in [0, 0.05) is 36.3 Å². The number of esters is 1. The molecule has 3 heterocycles. The number of halogens is 5. The SMILES string of the molecule is Cc1cc(C(F)(F)F)nc2c1cc(Cc1c(Cl)ncc(C(=O)OC(C)(C)C)c1Cl)n2C. The van der Waals surface area contributed by atoms with E-state index in [1.807, 2.05) is 0 Å². The first kappa shape index (κ1) is 23.3. The van der Waals surface area contributed by atoms with Crippen LogP contribution in [0, 0.1) is 6.92 Å². The predicted octanol–water partition coefficient (Wildman–Crippen LogP) is 6.15. The highest BCUT2D eigenvalue weighted by Gasteiger charge is 2.33. The summed E-state index contributed by atoms with van der Waals surface area (Å²) in [5, 5.41) is 0.748. The number of hydrogen-bond acceptors (Lipinski definition) is 4. The van der Waals surface area contributed by atoms with Gasteiger partial charge in [-0.1, -0.05) is 23.2 Å². The van der Waals surface area contributed by atoms with E-state index in [9.17, 15) is 18.0 Å². The maximum atomic E-state index is 13.2. The average Bonchev–Trinajstić information content (AvgIpc) is 2.93. The van der Waals surface area contributed by atoms with Gasteiger partial charge in [0.25, 0.3) is 0 Å². The molecule has 0 aliphatic heterocycles. The zero-order chi connectivity index (χ0) is 23.3. The number of carbonyl (C=O) groups excluding carboxylic acids is 1. The Kier molecular flexibility index (Phi) is 6.01. The standard InChI is InChI=1S/C21H20Cl2F3N3O2/c1-10-6-15(21(24,25)26)28-18-12(10)7-11(29(18)5)8-13-16(22)14(9-27-17(13)23)19(30)31-20(2,3)4/h6-7,9H,8H2,1-5H3. The predicted molar refractivity (Wildman–Crippen MR) is 113 cm³/mol. The first-order valence-electron chi connectivity index (χ1n) is 9.28. The number of alkyl halides is 3. The number of carbonyl (C=O) groups is 1. The minimum absolute atomic E-state index is 0.0587. The molecule has 3 aromatic rings. The second-order valence-corrected chi connectivity index (χ2v) is 8.92. The molecule has 0 fully saturated rings. The van der Waals surface area contributed by atoms with Crippen LogP contribution in [0.2, 0.25) is 10.2 Å². The summed E-state index contributed by atoms with van der Waals surface area (Å²) in [5.41, 5.74) is -0.0283. The Morgan fingerprint density at radius 2 is 1.84 bits per heavy atom. The van der Waals surface area contributed by atoms with E-state index in [1.54, 1.807) is 45.4 Å². The van der Waals surface area contributed by atoms with Crippen LogP contribution in [0.25, 0.3) is 11.0 Å². The van der Waals surface area contributed by atoms with Gasteiger partial charge >= 0.3 is 12.1 Å². The van der Waals surface area contributed by atoms with E-state index in [0.29, 0.717) is 22.2 Å². The Labute approximate surface area is 187 Å². The van der Waals surface area contributed by atoms with Gasteiger partial charge in [-0.05, 0) is 45.4 Å². The number of nitrogens with zero attached hydrogens (tertiary/aromatic N) is 3. The van der Waals surface area contributed by atoms with Gasteiger partial charge in [0.2, 0.25) is 0 Å². The molecule has 3 rings (SSSR count). The Morgan fingerprint density at radius 3 is 2.42 bits per heavy atom. The van der Waals surface area contributed by atoms with Gasteiger partial charge < -0.3 is 9.30 Å². The summed E-state index contributed by atoms with van der Waals surface area (Å²) in [7, 11) is 1.61. The normalized spacial score (nSPS) is 12.5. The maximum Gasteiger partial charge on any atom is 0.433 e. The van der Waals surface area contributed by atoms with Crippen LogP contribution in [0.3, 0.4) is 0 Å². The number of fused-ring (bicyclic) bond motifs is 1. The Morgan fingerprint density at radius 1 is 1.19 bits per heavy atom. The lowest BCUT2D eigenvalue weighted by molar-refractivity contribution is -0.141. The molecule has 0 N–H and O–H groups in total. The zero-order valence-corrected chi connectivity index (χ0v) is 19.0. The van der Waals surface area contributed by atoms with Crippen LogP contribution < -0.4 is 0 Å². The van der Waals surface area contributed by atoms with Gasteiger partial charge in [-0.3, -0.25) is 0 Å². The van der Waals surface area contributed by atoms with Gasteiger partial charge in [-0.2, -0.15) is 13.2 Å². The van der Waals surface area contributed by atoms with Gasteiger partial charge in [0.1, 0.15) is 22.1 Å². The van der Waals surface area contributed by atoms with Crippen LogP contribution in [0.1, 0.15) is 53.6 Å². The van der Waals surface area contributed by atoms with Crippen molar-refractivity contribution >= 4 is 40.2 Å². The average molecular weight is 474 g/mol. The fourth-order valence-corrected chi connectivity index (χ4v) is 3.67. The Hall–Kier alpha value is -2.32. The lowest BCUT2D eigenvalue weighted by atomic mass is 10.1. The molecule has 0 aliphatic rings. The van der Waals surface area contributed by atoms with E-state index in [2.05, 4.69) is 9.97 Å². The third kappa shape index (κ3) is 4.80. The van der Waals surface area contributed by atoms with E-state index >= 15 is 0 Å². The summed E-state index contributed by atoms with van der Waals surface area (Å²) >= 11 is 12.7. The highest BCUT2D eigenvalue weighted by Crippen LogP contribution is 2.34. The second-order valence-electron chi connectivity index (χ2n) is 8.19. The van der Waals surface area contributed by atoms with Crippen molar-refractivity contribution in [2.24, 2.45) is 7.05 Å². The lowest BCUT2D eigenvalue weighted by Crippen LogP contribution is -2.24. The smallest absolute Gasteiger partial charge is 0.433 e. The molecule has 0 radical (unpaired) electrons. The highest BCUT2D eigenvalue weighted by atomic mass is 35.5. The highest BCUT2D eigenvalue weighted by molar-refractivity contribution is 6.37. The quantitative estimate of drug-likeness (QED) is 0.338. The topological polar surface area (TPSA) is 57.0 Å².